The fourth-order valence-electron chi connectivity index (χ4n) is 1.49. The van der Waals surface area contributed by atoms with Gasteiger partial charge in [0.25, 0.3) is 0 Å². The van der Waals surface area contributed by atoms with E-state index in [1.807, 2.05) is 24.3 Å². The lowest BCUT2D eigenvalue weighted by Gasteiger charge is -2.03. The second-order valence-electron chi connectivity index (χ2n) is 3.30. The molecule has 2 aromatic heterocycles. The molecule has 0 amide bonds. The monoisotopic (exact) mass is 212 g/mol. The molecule has 0 radical (unpaired) electrons. The summed E-state index contributed by atoms with van der Waals surface area (Å²) in [5.74, 6) is 0.654. The maximum atomic E-state index is 5.31. The van der Waals surface area contributed by atoms with Gasteiger partial charge in [-0.3, -0.25) is 0 Å². The largest absolute Gasteiger partial charge is 0.464 e. The molecule has 16 heavy (non-hydrogen) atoms. The first-order chi connectivity index (χ1) is 7.92. The van der Waals surface area contributed by atoms with Gasteiger partial charge >= 0.3 is 0 Å². The molecule has 0 atom stereocenters. The highest BCUT2D eigenvalue weighted by molar-refractivity contribution is 5.81. The van der Waals surface area contributed by atoms with Crippen LogP contribution in [0.25, 0.3) is 11.0 Å². The first-order valence-corrected chi connectivity index (χ1v) is 4.80. The van der Waals surface area contributed by atoms with Crippen molar-refractivity contribution in [1.29, 1.82) is 0 Å². The van der Waals surface area contributed by atoms with E-state index in [0.29, 0.717) is 5.82 Å². The van der Waals surface area contributed by atoms with E-state index in [2.05, 4.69) is 20.7 Å². The third-order valence-corrected chi connectivity index (χ3v) is 2.23. The molecule has 0 spiro atoms. The van der Waals surface area contributed by atoms with Gasteiger partial charge in [-0.15, -0.1) is 10.2 Å². The first-order valence-electron chi connectivity index (χ1n) is 4.80. The summed E-state index contributed by atoms with van der Waals surface area (Å²) in [5, 5.41) is 15.2. The van der Waals surface area contributed by atoms with Gasteiger partial charge in [0.1, 0.15) is 5.58 Å². The molecular weight excluding hydrogens is 204 g/mol. The van der Waals surface area contributed by atoms with Gasteiger partial charge < -0.3 is 9.73 Å². The van der Waals surface area contributed by atoms with Crippen LogP contribution in [-0.2, 0) is 0 Å². The fourth-order valence-corrected chi connectivity index (χ4v) is 1.49. The number of anilines is 2. The summed E-state index contributed by atoms with van der Waals surface area (Å²) in [4.78, 5) is 0. The highest BCUT2D eigenvalue weighted by Crippen LogP contribution is 2.21. The van der Waals surface area contributed by atoms with E-state index in [1.165, 1.54) is 0 Å². The molecule has 0 fully saturated rings. The number of aromatic nitrogens is 3. The molecule has 5 heteroatoms. The Hall–Kier alpha value is -2.43. The average Bonchev–Trinajstić information content (AvgIpc) is 2.77. The molecule has 3 aromatic rings. The van der Waals surface area contributed by atoms with Gasteiger partial charge in [-0.1, -0.05) is 0 Å². The molecule has 0 saturated carbocycles. The minimum absolute atomic E-state index is 0.654. The highest BCUT2D eigenvalue weighted by Gasteiger charge is 2.00. The summed E-state index contributed by atoms with van der Waals surface area (Å²) in [6, 6.07) is 9.53. The zero-order chi connectivity index (χ0) is 10.8. The van der Waals surface area contributed by atoms with Gasteiger partial charge in [-0.05, 0) is 23.4 Å². The molecule has 78 valence electrons. The van der Waals surface area contributed by atoms with Crippen LogP contribution in [0.5, 0.6) is 0 Å². The van der Waals surface area contributed by atoms with Gasteiger partial charge in [-0.25, -0.2) is 0 Å². The minimum Gasteiger partial charge on any atom is -0.464 e. The zero-order valence-electron chi connectivity index (χ0n) is 8.29. The smallest absolute Gasteiger partial charge is 0.156 e. The Morgan fingerprint density at radius 3 is 3.00 bits per heavy atom. The Bertz CT molecular complexity index is 605. The number of benzene rings is 1. The standard InChI is InChI=1S/C11H8N4O/c1-2-9(7-10-8(1)4-6-16-10)13-11-3-5-12-15-14-11/h1-7H,(H,12,13,14). The van der Waals surface area contributed by atoms with Crippen molar-refractivity contribution in [3.63, 3.8) is 0 Å². The summed E-state index contributed by atoms with van der Waals surface area (Å²) in [6.07, 6.45) is 3.25. The van der Waals surface area contributed by atoms with Crippen molar-refractivity contribution in [2.75, 3.05) is 5.32 Å². The molecule has 1 N–H and O–H groups in total. The van der Waals surface area contributed by atoms with Crippen molar-refractivity contribution in [3.8, 4) is 0 Å². The zero-order valence-corrected chi connectivity index (χ0v) is 8.29. The molecule has 0 bridgehead atoms. The fraction of sp³-hybridized carbons (Fsp3) is 0. The number of nitrogens with zero attached hydrogens (tertiary/aromatic N) is 3. The van der Waals surface area contributed by atoms with Gasteiger partial charge in [0, 0.05) is 23.2 Å². The van der Waals surface area contributed by atoms with Crippen molar-refractivity contribution in [1.82, 2.24) is 15.4 Å². The molecule has 0 saturated heterocycles. The predicted molar refractivity (Wildman–Crippen MR) is 59.3 cm³/mol. The molecule has 1 aromatic carbocycles. The van der Waals surface area contributed by atoms with Crippen LogP contribution in [0.1, 0.15) is 0 Å². The SMILES string of the molecule is c1cc(Nc2ccc3ccoc3c2)nnn1. The van der Waals surface area contributed by atoms with Crippen molar-refractivity contribution in [2.24, 2.45) is 0 Å². The highest BCUT2D eigenvalue weighted by atomic mass is 16.3. The van der Waals surface area contributed by atoms with Crippen LogP contribution in [-0.4, -0.2) is 15.4 Å². The van der Waals surface area contributed by atoms with E-state index in [1.54, 1.807) is 18.5 Å². The Morgan fingerprint density at radius 2 is 2.12 bits per heavy atom. The number of furan rings is 1. The number of hydrogen-bond acceptors (Lipinski definition) is 5. The Kier molecular flexibility index (Phi) is 2.00. The van der Waals surface area contributed by atoms with Crippen molar-refractivity contribution < 1.29 is 4.42 Å². The molecule has 2 heterocycles. The minimum atomic E-state index is 0.654. The summed E-state index contributed by atoms with van der Waals surface area (Å²) < 4.78 is 5.31. The molecule has 5 nitrogen and oxygen atoms in total. The van der Waals surface area contributed by atoms with Crippen molar-refractivity contribution >= 4 is 22.5 Å². The van der Waals surface area contributed by atoms with Crippen LogP contribution in [0.4, 0.5) is 11.5 Å². The summed E-state index contributed by atoms with van der Waals surface area (Å²) >= 11 is 0. The van der Waals surface area contributed by atoms with Gasteiger partial charge in [0.15, 0.2) is 5.82 Å². The normalized spacial score (nSPS) is 10.5. The first kappa shape index (κ1) is 8.84. The number of fused-ring (bicyclic) bond motifs is 1. The second-order valence-corrected chi connectivity index (χ2v) is 3.30. The number of hydrogen-bond donors (Lipinski definition) is 1. The van der Waals surface area contributed by atoms with Crippen LogP contribution in [0, 0.1) is 0 Å². The van der Waals surface area contributed by atoms with E-state index in [4.69, 9.17) is 4.42 Å². The third kappa shape index (κ3) is 1.58. The quantitative estimate of drug-likeness (QED) is 0.706. The molecule has 0 aliphatic rings. The van der Waals surface area contributed by atoms with Gasteiger partial charge in [-0.2, -0.15) is 0 Å². The summed E-state index contributed by atoms with van der Waals surface area (Å²) in [5.41, 5.74) is 1.75. The Morgan fingerprint density at radius 1 is 1.12 bits per heavy atom. The summed E-state index contributed by atoms with van der Waals surface area (Å²) in [6.45, 7) is 0. The topological polar surface area (TPSA) is 63.8 Å². The van der Waals surface area contributed by atoms with Crippen LogP contribution < -0.4 is 5.32 Å². The van der Waals surface area contributed by atoms with E-state index in [0.717, 1.165) is 16.7 Å². The molecule has 0 aliphatic carbocycles. The van der Waals surface area contributed by atoms with Crippen LogP contribution in [0.2, 0.25) is 0 Å². The van der Waals surface area contributed by atoms with Gasteiger partial charge in [0.2, 0.25) is 0 Å². The molecule has 0 aliphatic heterocycles. The van der Waals surface area contributed by atoms with Crippen LogP contribution in [0.3, 0.4) is 0 Å². The second kappa shape index (κ2) is 3.62. The lowest BCUT2D eigenvalue weighted by Crippen LogP contribution is -1.95. The maximum Gasteiger partial charge on any atom is 0.156 e. The Balaban J connectivity index is 1.94. The average molecular weight is 212 g/mol. The van der Waals surface area contributed by atoms with Crippen molar-refractivity contribution in [3.05, 3.63) is 42.8 Å². The van der Waals surface area contributed by atoms with E-state index < -0.39 is 0 Å². The number of nitrogens with one attached hydrogen (secondary N) is 1. The van der Waals surface area contributed by atoms with Gasteiger partial charge in [0.05, 0.1) is 12.5 Å². The third-order valence-electron chi connectivity index (χ3n) is 2.23. The predicted octanol–water partition coefficient (Wildman–Crippen LogP) is 2.36. The van der Waals surface area contributed by atoms with Crippen molar-refractivity contribution in [2.45, 2.75) is 0 Å². The number of rotatable bonds is 2. The Labute approximate surface area is 91.1 Å². The lowest BCUT2D eigenvalue weighted by molar-refractivity contribution is 0.616. The van der Waals surface area contributed by atoms with Crippen LogP contribution in [0.15, 0.2) is 47.2 Å². The molecule has 0 unspecified atom stereocenters. The van der Waals surface area contributed by atoms with Crippen LogP contribution >= 0.6 is 0 Å². The molecular formula is C11H8N4O. The molecule has 3 rings (SSSR count). The summed E-state index contributed by atoms with van der Waals surface area (Å²) in [7, 11) is 0. The van der Waals surface area contributed by atoms with E-state index in [-0.39, 0.29) is 0 Å². The maximum absolute atomic E-state index is 5.31. The van der Waals surface area contributed by atoms with E-state index in [9.17, 15) is 0 Å². The lowest BCUT2D eigenvalue weighted by atomic mass is 10.2. The van der Waals surface area contributed by atoms with E-state index >= 15 is 0 Å².